The molecule has 4 aromatic carbocycles. The Kier molecular flexibility index (Phi) is 22.9. The van der Waals surface area contributed by atoms with Crippen LogP contribution in [0.15, 0.2) is 180 Å². The lowest BCUT2D eigenvalue weighted by Crippen LogP contribution is -2.23. The SMILES string of the molecule is C.C.C.O=C(NCc1ccccc1)c1csc(Cc2ccccc2)n1.O=C(NCc1ccccc1)c1csc(Cc2ccccn2)n1.O=C(NCc1ccccc1)c1csc(Cc2ccncn2)n1. The Bertz CT molecular complexity index is 2540. The molecule has 0 aliphatic rings. The fourth-order valence-corrected chi connectivity index (χ4v) is 8.49. The second-order valence-electron chi connectivity index (χ2n) is 14.4. The summed E-state index contributed by atoms with van der Waals surface area (Å²) in [5.74, 6) is -0.430. The minimum Gasteiger partial charge on any atom is -0.347 e. The van der Waals surface area contributed by atoms with Crippen LogP contribution in [0.4, 0.5) is 0 Å². The molecule has 3 amide bonds. The van der Waals surface area contributed by atoms with E-state index in [0.29, 0.717) is 49.6 Å². The summed E-state index contributed by atoms with van der Waals surface area (Å²) in [5.41, 5.74) is 7.66. The van der Waals surface area contributed by atoms with Gasteiger partial charge in [-0.25, -0.2) is 24.9 Å². The molecule has 0 saturated heterocycles. The van der Waals surface area contributed by atoms with Crippen molar-refractivity contribution in [1.82, 2.24) is 45.9 Å². The average Bonchev–Trinajstić information content (AvgIpc) is 4.17. The third-order valence-corrected chi connectivity index (χ3v) is 12.0. The number of nitrogens with one attached hydrogen (secondary N) is 3. The Morgan fingerprint density at radius 1 is 0.391 bits per heavy atom. The van der Waals surface area contributed by atoms with Crippen LogP contribution in [0.3, 0.4) is 0 Å². The lowest BCUT2D eigenvalue weighted by molar-refractivity contribution is 0.0938. The first-order chi connectivity index (χ1) is 32.4. The molecule has 69 heavy (non-hydrogen) atoms. The Morgan fingerprint density at radius 2 is 0.754 bits per heavy atom. The van der Waals surface area contributed by atoms with Gasteiger partial charge in [0.1, 0.15) is 23.4 Å². The number of pyridine rings is 1. The molecule has 0 aliphatic heterocycles. The van der Waals surface area contributed by atoms with Gasteiger partial charge in [-0.3, -0.25) is 19.4 Å². The topological polar surface area (TPSA) is 165 Å². The van der Waals surface area contributed by atoms with Crippen LogP contribution >= 0.6 is 34.0 Å². The summed E-state index contributed by atoms with van der Waals surface area (Å²) in [6, 6.07) is 47.2. The summed E-state index contributed by atoms with van der Waals surface area (Å²) < 4.78 is 0. The molecule has 0 unspecified atom stereocenters. The van der Waals surface area contributed by atoms with Gasteiger partial charge in [0.05, 0.1) is 20.7 Å². The molecule has 354 valence electrons. The van der Waals surface area contributed by atoms with Crippen molar-refractivity contribution in [3.63, 3.8) is 0 Å². The minimum atomic E-state index is -0.158. The van der Waals surface area contributed by atoms with Gasteiger partial charge in [0.25, 0.3) is 17.7 Å². The van der Waals surface area contributed by atoms with E-state index in [9.17, 15) is 14.4 Å². The molecule has 0 spiro atoms. The number of carbonyl (C=O) groups excluding carboxylic acids is 3. The molecular weight excluding hydrogens is 919 g/mol. The maximum Gasteiger partial charge on any atom is 0.271 e. The summed E-state index contributed by atoms with van der Waals surface area (Å²) in [7, 11) is 0. The lowest BCUT2D eigenvalue weighted by atomic mass is 10.2. The van der Waals surface area contributed by atoms with Gasteiger partial charge in [0, 0.05) is 73.1 Å². The maximum atomic E-state index is 12.1. The van der Waals surface area contributed by atoms with Crippen LogP contribution in [-0.4, -0.2) is 47.6 Å². The molecule has 5 heterocycles. The quantitative estimate of drug-likeness (QED) is 0.0907. The van der Waals surface area contributed by atoms with E-state index in [1.807, 2.05) is 139 Å². The second-order valence-corrected chi connectivity index (χ2v) is 17.2. The van der Waals surface area contributed by atoms with Crippen molar-refractivity contribution in [3.8, 4) is 0 Å². The fraction of sp³-hybridized carbons (Fsp3) is 0.167. The Hall–Kier alpha value is -7.59. The third-order valence-electron chi connectivity index (χ3n) is 9.47. The van der Waals surface area contributed by atoms with Crippen molar-refractivity contribution in [2.24, 2.45) is 0 Å². The first-order valence-corrected chi connectivity index (χ1v) is 23.6. The van der Waals surface area contributed by atoms with Crippen LogP contribution in [0.1, 0.15) is 102 Å². The first kappa shape index (κ1) is 54.0. The zero-order valence-electron chi connectivity index (χ0n) is 35.7. The molecule has 0 saturated carbocycles. The maximum absolute atomic E-state index is 12.1. The Labute approximate surface area is 417 Å². The summed E-state index contributed by atoms with van der Waals surface area (Å²) in [5, 5.41) is 16.7. The zero-order chi connectivity index (χ0) is 45.6. The number of benzene rings is 4. The van der Waals surface area contributed by atoms with E-state index in [2.05, 4.69) is 58.0 Å². The highest BCUT2D eigenvalue weighted by Crippen LogP contribution is 2.17. The van der Waals surface area contributed by atoms with E-state index in [0.717, 1.165) is 49.5 Å². The van der Waals surface area contributed by atoms with Crippen molar-refractivity contribution in [3.05, 3.63) is 246 Å². The van der Waals surface area contributed by atoms with Gasteiger partial charge in [-0.15, -0.1) is 34.0 Å². The smallest absolute Gasteiger partial charge is 0.271 e. The van der Waals surface area contributed by atoms with Crippen LogP contribution in [-0.2, 0) is 38.9 Å². The van der Waals surface area contributed by atoms with E-state index in [1.54, 1.807) is 23.2 Å². The van der Waals surface area contributed by atoms with Crippen molar-refractivity contribution >= 4 is 51.7 Å². The van der Waals surface area contributed by atoms with Crippen molar-refractivity contribution in [1.29, 1.82) is 0 Å². The van der Waals surface area contributed by atoms with Gasteiger partial charge in [-0.2, -0.15) is 0 Å². The summed E-state index contributed by atoms with van der Waals surface area (Å²) in [6.45, 7) is 1.52. The van der Waals surface area contributed by atoms with Gasteiger partial charge in [0.15, 0.2) is 0 Å². The highest BCUT2D eigenvalue weighted by Gasteiger charge is 2.14. The summed E-state index contributed by atoms with van der Waals surface area (Å²) in [4.78, 5) is 61.8. The van der Waals surface area contributed by atoms with E-state index in [-0.39, 0.29) is 40.0 Å². The van der Waals surface area contributed by atoms with Crippen LogP contribution in [0.2, 0.25) is 0 Å². The number of carbonyl (C=O) groups is 3. The van der Waals surface area contributed by atoms with Crippen molar-refractivity contribution < 1.29 is 14.4 Å². The molecule has 0 aliphatic carbocycles. The molecule has 3 N–H and O–H groups in total. The van der Waals surface area contributed by atoms with Crippen LogP contribution in [0.25, 0.3) is 0 Å². The number of rotatable bonds is 15. The van der Waals surface area contributed by atoms with E-state index in [1.165, 1.54) is 45.9 Å². The zero-order valence-corrected chi connectivity index (χ0v) is 38.1. The van der Waals surface area contributed by atoms with Gasteiger partial charge >= 0.3 is 0 Å². The van der Waals surface area contributed by atoms with E-state index in [4.69, 9.17) is 0 Å². The van der Waals surface area contributed by atoms with Crippen LogP contribution in [0, 0.1) is 0 Å². The predicted octanol–water partition coefficient (Wildman–Crippen LogP) is 11.1. The predicted molar refractivity (Wildman–Crippen MR) is 281 cm³/mol. The van der Waals surface area contributed by atoms with Crippen LogP contribution < -0.4 is 16.0 Å². The molecule has 9 rings (SSSR count). The molecule has 0 atom stereocenters. The van der Waals surface area contributed by atoms with E-state index < -0.39 is 0 Å². The fourth-order valence-electron chi connectivity index (χ4n) is 6.10. The standard InChI is InChI=1S/C18H16N2OS.C17H15N3OS.C16H14N4OS.3CH4/c21-18(19-12-15-9-5-2-6-10-15)16-13-22-17(20-16)11-14-7-3-1-4-8-14;21-17(19-11-13-6-2-1-3-7-13)15-12-22-16(20-15)10-14-8-4-5-9-18-14;21-16(18-9-12-4-2-1-3-5-12)14-10-22-15(20-14)8-13-6-7-17-11-19-13;;;/h1-10,13H,11-12H2,(H,19,21);1-9,12H,10-11H2,(H,19,21);1-7,10-11H,8-9H2,(H,18,21);3*1H4. The van der Waals surface area contributed by atoms with Gasteiger partial charge in [0.2, 0.25) is 0 Å². The Morgan fingerprint density at radius 3 is 1.12 bits per heavy atom. The van der Waals surface area contributed by atoms with Gasteiger partial charge in [-0.05, 0) is 40.5 Å². The molecule has 9 aromatic rings. The largest absolute Gasteiger partial charge is 0.347 e. The number of hydrogen-bond acceptors (Lipinski definition) is 12. The molecule has 15 heteroatoms. The molecule has 12 nitrogen and oxygen atoms in total. The van der Waals surface area contributed by atoms with Gasteiger partial charge < -0.3 is 16.0 Å². The number of hydrogen-bond donors (Lipinski definition) is 3. The molecule has 0 fully saturated rings. The van der Waals surface area contributed by atoms with Gasteiger partial charge in [-0.1, -0.05) is 150 Å². The molecule has 0 radical (unpaired) electrons. The lowest BCUT2D eigenvalue weighted by Gasteiger charge is -2.02. The number of aromatic nitrogens is 6. The number of amides is 3. The highest BCUT2D eigenvalue weighted by atomic mass is 32.1. The number of thiazole rings is 3. The van der Waals surface area contributed by atoms with Crippen molar-refractivity contribution in [2.75, 3.05) is 0 Å². The molecule has 0 bridgehead atoms. The third kappa shape index (κ3) is 18.2. The summed E-state index contributed by atoms with van der Waals surface area (Å²) in [6.07, 6.45) is 6.99. The second kappa shape index (κ2) is 29.2. The van der Waals surface area contributed by atoms with Crippen LogP contribution in [0.5, 0.6) is 0 Å². The van der Waals surface area contributed by atoms with E-state index >= 15 is 0 Å². The van der Waals surface area contributed by atoms with Crippen molar-refractivity contribution in [2.45, 2.75) is 61.2 Å². The molecule has 5 aromatic heterocycles. The summed E-state index contributed by atoms with van der Waals surface area (Å²) >= 11 is 4.47. The highest BCUT2D eigenvalue weighted by molar-refractivity contribution is 7.10. The average molecular weight is 976 g/mol. The Balaban J connectivity index is 0.000000221. The first-order valence-electron chi connectivity index (χ1n) is 20.9. The monoisotopic (exact) mass is 975 g/mol. The number of nitrogens with zero attached hydrogens (tertiary/aromatic N) is 6. The molecular formula is C54H57N9O3S3. The normalized spacial score (nSPS) is 9.91. The minimum absolute atomic E-state index is 0.